The molecule has 0 radical (unpaired) electrons. The second-order valence-corrected chi connectivity index (χ2v) is 4.93. The molecule has 22 heavy (non-hydrogen) atoms. The van der Waals surface area contributed by atoms with Crippen LogP contribution < -0.4 is 10.1 Å². The van der Waals surface area contributed by atoms with Crippen molar-refractivity contribution in [3.63, 3.8) is 0 Å². The molecule has 0 fully saturated rings. The zero-order valence-electron chi connectivity index (χ0n) is 13.4. The zero-order chi connectivity index (χ0) is 15.8. The van der Waals surface area contributed by atoms with Gasteiger partial charge in [-0.1, -0.05) is 18.2 Å². The maximum absolute atomic E-state index is 5.70. The first-order valence-electron chi connectivity index (χ1n) is 7.27. The summed E-state index contributed by atoms with van der Waals surface area (Å²) >= 11 is 0. The van der Waals surface area contributed by atoms with Crippen LogP contribution in [0.15, 0.2) is 47.6 Å². The lowest BCUT2D eigenvalue weighted by atomic mass is 10.3. The average Bonchev–Trinajstić information content (AvgIpc) is 2.94. The molecule has 118 valence electrons. The number of aromatic nitrogens is 2. The number of hydrogen-bond donors (Lipinski definition) is 1. The molecule has 0 unspecified atom stereocenters. The minimum atomic E-state index is 0.604. The fraction of sp³-hybridized carbons (Fsp3) is 0.375. The summed E-state index contributed by atoms with van der Waals surface area (Å²) in [6.45, 7) is 2.04. The molecular weight excluding hydrogens is 278 g/mol. The minimum Gasteiger partial charge on any atom is -0.492 e. The molecule has 2 aromatic rings. The highest BCUT2D eigenvalue weighted by Gasteiger charge is 2.07. The Kier molecular flexibility index (Phi) is 5.82. The summed E-state index contributed by atoms with van der Waals surface area (Å²) in [6, 6.07) is 11.8. The van der Waals surface area contributed by atoms with Gasteiger partial charge < -0.3 is 15.0 Å². The number of hydrogen-bond acceptors (Lipinski definition) is 3. The van der Waals surface area contributed by atoms with Gasteiger partial charge in [-0.05, 0) is 18.2 Å². The third-order valence-corrected chi connectivity index (χ3v) is 3.36. The molecule has 6 nitrogen and oxygen atoms in total. The molecule has 0 atom stereocenters. The second-order valence-electron chi connectivity index (χ2n) is 4.93. The van der Waals surface area contributed by atoms with Crippen LogP contribution in [-0.2, 0) is 13.6 Å². The van der Waals surface area contributed by atoms with E-state index in [1.54, 1.807) is 13.2 Å². The third-order valence-electron chi connectivity index (χ3n) is 3.36. The number of benzene rings is 1. The largest absolute Gasteiger partial charge is 0.492 e. The van der Waals surface area contributed by atoms with Gasteiger partial charge in [0.15, 0.2) is 5.96 Å². The third kappa shape index (κ3) is 4.51. The molecule has 1 heterocycles. The Morgan fingerprint density at radius 3 is 2.73 bits per heavy atom. The van der Waals surface area contributed by atoms with Crippen molar-refractivity contribution in [1.82, 2.24) is 20.0 Å². The van der Waals surface area contributed by atoms with Gasteiger partial charge in [0.1, 0.15) is 12.4 Å². The maximum Gasteiger partial charge on any atom is 0.193 e. The highest BCUT2D eigenvalue weighted by Crippen LogP contribution is 2.07. The van der Waals surface area contributed by atoms with Gasteiger partial charge in [-0.15, -0.1) is 0 Å². The van der Waals surface area contributed by atoms with Crippen molar-refractivity contribution in [2.75, 3.05) is 27.2 Å². The van der Waals surface area contributed by atoms with E-state index in [9.17, 15) is 0 Å². The second kappa shape index (κ2) is 8.07. The highest BCUT2D eigenvalue weighted by atomic mass is 16.5. The first-order valence-corrected chi connectivity index (χ1v) is 7.27. The topological polar surface area (TPSA) is 54.7 Å². The monoisotopic (exact) mass is 301 g/mol. The number of aliphatic imine (C=N–C) groups is 1. The summed E-state index contributed by atoms with van der Waals surface area (Å²) < 4.78 is 7.55. The van der Waals surface area contributed by atoms with Gasteiger partial charge in [-0.3, -0.25) is 9.67 Å². The first kappa shape index (κ1) is 15.9. The molecule has 2 rings (SSSR count). The minimum absolute atomic E-state index is 0.604. The molecule has 0 aliphatic rings. The Morgan fingerprint density at radius 1 is 1.32 bits per heavy atom. The van der Waals surface area contributed by atoms with Crippen LogP contribution in [0.25, 0.3) is 0 Å². The number of nitrogens with one attached hydrogen (secondary N) is 1. The quantitative estimate of drug-likeness (QED) is 0.649. The van der Waals surface area contributed by atoms with Crippen LogP contribution in [0.4, 0.5) is 0 Å². The van der Waals surface area contributed by atoms with Crippen molar-refractivity contribution in [3.05, 3.63) is 48.3 Å². The molecular formula is C16H23N5O. The van der Waals surface area contributed by atoms with Gasteiger partial charge in [-0.25, -0.2) is 0 Å². The molecule has 0 saturated heterocycles. The molecule has 1 aromatic heterocycles. The van der Waals surface area contributed by atoms with Crippen LogP contribution >= 0.6 is 0 Å². The van der Waals surface area contributed by atoms with E-state index in [2.05, 4.69) is 15.4 Å². The van der Waals surface area contributed by atoms with E-state index in [1.807, 2.05) is 60.1 Å². The average molecular weight is 301 g/mol. The molecule has 1 N–H and O–H groups in total. The summed E-state index contributed by atoms with van der Waals surface area (Å²) in [5.74, 6) is 1.71. The van der Waals surface area contributed by atoms with Gasteiger partial charge in [0, 0.05) is 27.3 Å². The van der Waals surface area contributed by atoms with Crippen LogP contribution in [0.5, 0.6) is 5.75 Å². The molecule has 0 spiro atoms. The molecule has 0 saturated carbocycles. The zero-order valence-corrected chi connectivity index (χ0v) is 13.4. The van der Waals surface area contributed by atoms with Crippen LogP contribution in [0.2, 0.25) is 0 Å². The van der Waals surface area contributed by atoms with Crippen LogP contribution in [0.1, 0.15) is 5.69 Å². The van der Waals surface area contributed by atoms with E-state index in [0.29, 0.717) is 13.2 Å². The van der Waals surface area contributed by atoms with E-state index in [-0.39, 0.29) is 0 Å². The Morgan fingerprint density at radius 2 is 2.09 bits per heavy atom. The van der Waals surface area contributed by atoms with E-state index in [1.165, 1.54) is 0 Å². The number of nitrogens with zero attached hydrogens (tertiary/aromatic N) is 4. The lowest BCUT2D eigenvalue weighted by molar-refractivity contribution is 0.281. The maximum atomic E-state index is 5.70. The molecule has 1 aromatic carbocycles. The van der Waals surface area contributed by atoms with Crippen LogP contribution in [0, 0.1) is 0 Å². The van der Waals surface area contributed by atoms with Gasteiger partial charge in [-0.2, -0.15) is 5.10 Å². The fourth-order valence-electron chi connectivity index (χ4n) is 2.05. The first-order chi connectivity index (χ1) is 10.7. The lowest BCUT2D eigenvalue weighted by Crippen LogP contribution is -2.40. The Labute approximate surface area is 131 Å². The molecule has 0 aliphatic carbocycles. The smallest absolute Gasteiger partial charge is 0.193 e. The molecule has 6 heteroatoms. The number of para-hydroxylation sites is 1. The van der Waals surface area contributed by atoms with E-state index in [0.717, 1.165) is 23.9 Å². The normalized spacial score (nSPS) is 11.3. The fourth-order valence-corrected chi connectivity index (χ4v) is 2.05. The summed E-state index contributed by atoms with van der Waals surface area (Å²) in [4.78, 5) is 6.33. The molecule has 0 bridgehead atoms. The standard InChI is InChI=1S/C16H23N5O/c1-17-16(18-13-14-9-10-19-21(14)3)20(2)11-12-22-15-7-5-4-6-8-15/h4-10H,11-13H2,1-3H3,(H,17,18). The van der Waals surface area contributed by atoms with Crippen molar-refractivity contribution in [3.8, 4) is 5.75 Å². The predicted molar refractivity (Wildman–Crippen MR) is 88.0 cm³/mol. The van der Waals surface area contributed by atoms with E-state index < -0.39 is 0 Å². The van der Waals surface area contributed by atoms with Crippen LogP contribution in [0.3, 0.4) is 0 Å². The predicted octanol–water partition coefficient (Wildman–Crippen LogP) is 1.51. The summed E-state index contributed by atoms with van der Waals surface area (Å²) in [7, 11) is 5.70. The summed E-state index contributed by atoms with van der Waals surface area (Å²) in [6.07, 6.45) is 1.79. The molecule has 0 aliphatic heterocycles. The van der Waals surface area contributed by atoms with Crippen molar-refractivity contribution in [2.24, 2.45) is 12.0 Å². The summed E-state index contributed by atoms with van der Waals surface area (Å²) in [5.41, 5.74) is 1.11. The van der Waals surface area contributed by atoms with Gasteiger partial charge in [0.2, 0.25) is 0 Å². The van der Waals surface area contributed by atoms with Gasteiger partial charge in [0.05, 0.1) is 18.8 Å². The molecule has 0 amide bonds. The van der Waals surface area contributed by atoms with Crippen molar-refractivity contribution >= 4 is 5.96 Å². The highest BCUT2D eigenvalue weighted by molar-refractivity contribution is 5.79. The lowest BCUT2D eigenvalue weighted by Gasteiger charge is -2.22. The number of rotatable bonds is 6. The van der Waals surface area contributed by atoms with E-state index in [4.69, 9.17) is 4.74 Å². The Balaban J connectivity index is 1.77. The number of likely N-dealkylation sites (N-methyl/N-ethyl adjacent to an activating group) is 1. The van der Waals surface area contributed by atoms with E-state index >= 15 is 0 Å². The van der Waals surface area contributed by atoms with Crippen molar-refractivity contribution in [2.45, 2.75) is 6.54 Å². The number of guanidine groups is 1. The van der Waals surface area contributed by atoms with Crippen molar-refractivity contribution < 1.29 is 4.74 Å². The Bertz CT molecular complexity index is 594. The van der Waals surface area contributed by atoms with Crippen molar-refractivity contribution in [1.29, 1.82) is 0 Å². The van der Waals surface area contributed by atoms with Crippen LogP contribution in [-0.4, -0.2) is 47.9 Å². The Hall–Kier alpha value is -2.50. The SMILES string of the molecule is CN=C(NCc1ccnn1C)N(C)CCOc1ccccc1. The summed E-state index contributed by atoms with van der Waals surface area (Å²) in [5, 5.41) is 7.47. The van der Waals surface area contributed by atoms with Gasteiger partial charge in [0.25, 0.3) is 0 Å². The number of aryl methyl sites for hydroxylation is 1. The number of ether oxygens (including phenoxy) is 1. The van der Waals surface area contributed by atoms with Gasteiger partial charge >= 0.3 is 0 Å².